The Morgan fingerprint density at radius 1 is 1.27 bits per heavy atom. The summed E-state index contributed by atoms with van der Waals surface area (Å²) in [5.41, 5.74) is 0. The van der Waals surface area contributed by atoms with Crippen molar-refractivity contribution < 1.29 is 20.1 Å². The Kier molecular flexibility index (Phi) is 2.46. The number of carboxylic acids is 1. The molecule has 0 saturated heterocycles. The third-order valence-electron chi connectivity index (χ3n) is 2.11. The van der Waals surface area contributed by atoms with Gasteiger partial charge < -0.3 is 20.1 Å². The number of carboxylic acid groups (broad SMARTS) is 1. The number of aliphatic hydroxyl groups excluding tert-OH is 2. The molecule has 1 fully saturated rings. The zero-order chi connectivity index (χ0) is 8.43. The summed E-state index contributed by atoms with van der Waals surface area (Å²) in [6.45, 7) is 0. The molecule has 4 nitrogen and oxygen atoms in total. The van der Waals surface area contributed by atoms with Gasteiger partial charge in [0.2, 0.25) is 0 Å². The molecule has 1 saturated carbocycles. The Balaban J connectivity index is 2.46. The number of aliphatic carboxylic acids is 1. The summed E-state index contributed by atoms with van der Waals surface area (Å²) in [6.07, 6.45) is -0.790. The quantitative estimate of drug-likeness (QED) is 0.476. The van der Waals surface area contributed by atoms with E-state index in [2.05, 4.69) is 0 Å². The van der Waals surface area contributed by atoms with E-state index < -0.39 is 24.1 Å². The lowest BCUT2D eigenvalue weighted by Gasteiger charge is -2.30. The summed E-state index contributed by atoms with van der Waals surface area (Å²) in [5.74, 6) is -1.72. The molecule has 0 amide bonds. The summed E-state index contributed by atoms with van der Waals surface area (Å²) in [5, 5.41) is 28.4. The van der Waals surface area contributed by atoms with E-state index in [1.807, 2.05) is 0 Å². The normalized spacial score (nSPS) is 38.5. The number of carbonyl (C=O) groups is 1. The highest BCUT2D eigenvalue weighted by Crippen LogP contribution is 2.23. The van der Waals surface area contributed by atoms with Gasteiger partial charge in [-0.25, -0.2) is 0 Å². The molecule has 0 aromatic rings. The number of hydrogen-bond donors (Lipinski definition) is 2. The maximum Gasteiger partial charge on any atom is 0.0805 e. The van der Waals surface area contributed by atoms with Crippen molar-refractivity contribution in [2.24, 2.45) is 5.92 Å². The molecule has 11 heavy (non-hydrogen) atoms. The molecule has 1 aliphatic rings. The molecule has 0 aliphatic heterocycles. The van der Waals surface area contributed by atoms with Crippen molar-refractivity contribution in [1.82, 2.24) is 0 Å². The van der Waals surface area contributed by atoms with Gasteiger partial charge in [0.05, 0.1) is 12.2 Å². The lowest BCUT2D eigenvalue weighted by molar-refractivity contribution is -0.313. The van der Waals surface area contributed by atoms with Gasteiger partial charge >= 0.3 is 0 Å². The summed E-state index contributed by atoms with van der Waals surface area (Å²) in [7, 11) is 0. The second-order valence-corrected chi connectivity index (χ2v) is 2.96. The molecule has 0 unspecified atom stereocenters. The molecule has 2 N–H and O–H groups in total. The van der Waals surface area contributed by atoms with Gasteiger partial charge in [-0.2, -0.15) is 0 Å². The predicted octanol–water partition coefficient (Wildman–Crippen LogP) is -1.74. The Morgan fingerprint density at radius 3 is 2.36 bits per heavy atom. The first-order valence-electron chi connectivity index (χ1n) is 3.68. The molecule has 3 atom stereocenters. The maximum absolute atomic E-state index is 10.3. The summed E-state index contributed by atoms with van der Waals surface area (Å²) in [6, 6.07) is 0. The molecule has 0 aromatic carbocycles. The van der Waals surface area contributed by atoms with E-state index in [-0.39, 0.29) is 6.42 Å². The zero-order valence-corrected chi connectivity index (χ0v) is 6.06. The fourth-order valence-corrected chi connectivity index (χ4v) is 1.34. The van der Waals surface area contributed by atoms with E-state index in [0.29, 0.717) is 12.8 Å². The molecule has 1 aliphatic carbocycles. The maximum atomic E-state index is 10.3. The Morgan fingerprint density at radius 2 is 1.91 bits per heavy atom. The second kappa shape index (κ2) is 3.19. The fraction of sp³-hybridized carbons (Fsp3) is 0.857. The van der Waals surface area contributed by atoms with Crippen molar-refractivity contribution in [1.29, 1.82) is 0 Å². The van der Waals surface area contributed by atoms with E-state index in [1.165, 1.54) is 0 Å². The minimum absolute atomic E-state index is 0.115. The van der Waals surface area contributed by atoms with Gasteiger partial charge in [0.1, 0.15) is 0 Å². The third-order valence-corrected chi connectivity index (χ3v) is 2.11. The first kappa shape index (κ1) is 8.49. The topological polar surface area (TPSA) is 80.6 Å². The van der Waals surface area contributed by atoms with Gasteiger partial charge in [0.15, 0.2) is 0 Å². The fourth-order valence-electron chi connectivity index (χ4n) is 1.34. The smallest absolute Gasteiger partial charge is 0.0805 e. The predicted molar refractivity (Wildman–Crippen MR) is 34.4 cm³/mol. The van der Waals surface area contributed by atoms with Crippen LogP contribution in [0.2, 0.25) is 0 Å². The summed E-state index contributed by atoms with van der Waals surface area (Å²) in [4.78, 5) is 10.3. The van der Waals surface area contributed by atoms with E-state index in [0.717, 1.165) is 0 Å². The Labute approximate surface area is 64.5 Å². The zero-order valence-electron chi connectivity index (χ0n) is 6.06. The lowest BCUT2D eigenvalue weighted by atomic mass is 9.85. The van der Waals surface area contributed by atoms with Gasteiger partial charge in [0.25, 0.3) is 0 Å². The molecule has 4 heteroatoms. The highest BCUT2D eigenvalue weighted by molar-refractivity contribution is 5.67. The average molecular weight is 159 g/mol. The largest absolute Gasteiger partial charge is 0.550 e. The summed E-state index contributed by atoms with van der Waals surface area (Å²) < 4.78 is 0. The molecule has 0 aromatic heterocycles. The Bertz CT molecular complexity index is 157. The highest BCUT2D eigenvalue weighted by atomic mass is 16.4. The minimum atomic E-state index is -1.13. The van der Waals surface area contributed by atoms with Crippen LogP contribution in [0.1, 0.15) is 19.3 Å². The second-order valence-electron chi connectivity index (χ2n) is 2.96. The van der Waals surface area contributed by atoms with Gasteiger partial charge in [-0.1, -0.05) is 0 Å². The van der Waals surface area contributed by atoms with Gasteiger partial charge in [-0.3, -0.25) is 0 Å². The Hall–Kier alpha value is -0.610. The monoisotopic (exact) mass is 159 g/mol. The van der Waals surface area contributed by atoms with Crippen LogP contribution in [0.3, 0.4) is 0 Å². The first-order chi connectivity index (χ1) is 5.11. The molecule has 64 valence electrons. The number of carbonyl (C=O) groups excluding carboxylic acids is 1. The molecule has 0 heterocycles. The van der Waals surface area contributed by atoms with Crippen LogP contribution in [0.5, 0.6) is 0 Å². The number of hydrogen-bond acceptors (Lipinski definition) is 4. The van der Waals surface area contributed by atoms with Crippen LogP contribution < -0.4 is 5.11 Å². The molecule has 0 bridgehead atoms. The molecular weight excluding hydrogens is 148 g/mol. The van der Waals surface area contributed by atoms with Crippen molar-refractivity contribution in [2.45, 2.75) is 31.5 Å². The van der Waals surface area contributed by atoms with Gasteiger partial charge in [-0.15, -0.1) is 0 Å². The average Bonchev–Trinajstić information content (AvgIpc) is 1.94. The molecular formula is C7H11O4-. The van der Waals surface area contributed by atoms with Crippen LogP contribution in [-0.4, -0.2) is 28.4 Å². The highest BCUT2D eigenvalue weighted by Gasteiger charge is 2.27. The standard InChI is InChI=1S/C7H12O4/c8-5-2-1-4(7(10)11)3-6(5)9/h4-6,8-9H,1-3H2,(H,10,11)/p-1/t4-,5-,6+/m0/s1. The van der Waals surface area contributed by atoms with Crippen LogP contribution in [-0.2, 0) is 4.79 Å². The number of rotatable bonds is 1. The van der Waals surface area contributed by atoms with Crippen LogP contribution in [0.4, 0.5) is 0 Å². The van der Waals surface area contributed by atoms with E-state index in [4.69, 9.17) is 10.2 Å². The van der Waals surface area contributed by atoms with E-state index in [9.17, 15) is 9.90 Å². The molecule has 0 radical (unpaired) electrons. The molecule has 0 spiro atoms. The van der Waals surface area contributed by atoms with Crippen molar-refractivity contribution in [3.05, 3.63) is 0 Å². The van der Waals surface area contributed by atoms with Crippen molar-refractivity contribution in [2.75, 3.05) is 0 Å². The van der Waals surface area contributed by atoms with Crippen LogP contribution in [0.25, 0.3) is 0 Å². The number of aliphatic hydroxyl groups is 2. The van der Waals surface area contributed by atoms with Crippen LogP contribution >= 0.6 is 0 Å². The van der Waals surface area contributed by atoms with E-state index >= 15 is 0 Å². The minimum Gasteiger partial charge on any atom is -0.550 e. The molecule has 1 rings (SSSR count). The lowest BCUT2D eigenvalue weighted by Crippen LogP contribution is -2.41. The first-order valence-corrected chi connectivity index (χ1v) is 3.68. The van der Waals surface area contributed by atoms with Crippen LogP contribution in [0.15, 0.2) is 0 Å². The third kappa shape index (κ3) is 1.91. The van der Waals surface area contributed by atoms with Crippen LogP contribution in [0, 0.1) is 5.92 Å². The van der Waals surface area contributed by atoms with Gasteiger partial charge in [0, 0.05) is 11.9 Å². The summed E-state index contributed by atoms with van der Waals surface area (Å²) >= 11 is 0. The van der Waals surface area contributed by atoms with E-state index in [1.54, 1.807) is 0 Å². The van der Waals surface area contributed by atoms with Crippen molar-refractivity contribution >= 4 is 5.97 Å². The van der Waals surface area contributed by atoms with Crippen molar-refractivity contribution in [3.8, 4) is 0 Å². The SMILES string of the molecule is O=C([O-])[C@H]1CC[C@H](O)[C@H](O)C1. The van der Waals surface area contributed by atoms with Crippen molar-refractivity contribution in [3.63, 3.8) is 0 Å². The van der Waals surface area contributed by atoms with Gasteiger partial charge in [-0.05, 0) is 19.3 Å².